The molecule has 0 aliphatic heterocycles. The van der Waals surface area contributed by atoms with E-state index in [4.69, 9.17) is 44.8 Å². The molecule has 11 heteroatoms. The number of para-hydroxylation sites is 2. The van der Waals surface area contributed by atoms with E-state index in [1.807, 2.05) is 53.9 Å². The van der Waals surface area contributed by atoms with E-state index in [0.717, 1.165) is 21.4 Å². The Balaban J connectivity index is 1.43. The van der Waals surface area contributed by atoms with E-state index >= 15 is 0 Å². The van der Waals surface area contributed by atoms with Gasteiger partial charge in [-0.05, 0) is 66.2 Å². The third-order valence-corrected chi connectivity index (χ3v) is 8.49. The number of nitrogens with zero attached hydrogens (tertiary/aromatic N) is 3. The highest BCUT2D eigenvalue weighted by Gasteiger charge is 2.18. The molecule has 0 aliphatic rings. The SMILES string of the molecule is O=c1c2cc(Br)ccc2nc(Cc2ccccc2Nc2c(Cl)cccc2Cl)n1-c1nc(Nc2ccc(Cl)cc2)cs1. The zero-order valence-electron chi connectivity index (χ0n) is 21.0. The summed E-state index contributed by atoms with van der Waals surface area (Å²) in [6.45, 7) is 0. The molecule has 2 N–H and O–H groups in total. The molecular formula is C30H19BrCl3N5OS. The zero-order chi connectivity index (χ0) is 28.5. The van der Waals surface area contributed by atoms with Gasteiger partial charge in [-0.25, -0.2) is 14.5 Å². The number of benzene rings is 4. The first-order chi connectivity index (χ1) is 19.9. The summed E-state index contributed by atoms with van der Waals surface area (Å²) < 4.78 is 2.37. The fourth-order valence-electron chi connectivity index (χ4n) is 4.34. The molecule has 41 heavy (non-hydrogen) atoms. The summed E-state index contributed by atoms with van der Waals surface area (Å²) in [4.78, 5) is 23.6. The summed E-state index contributed by atoms with van der Waals surface area (Å²) in [6, 6.07) is 25.9. The van der Waals surface area contributed by atoms with E-state index < -0.39 is 0 Å². The summed E-state index contributed by atoms with van der Waals surface area (Å²) >= 11 is 23.7. The third-order valence-electron chi connectivity index (χ3n) is 6.29. The molecule has 4 aromatic carbocycles. The van der Waals surface area contributed by atoms with Crippen molar-refractivity contribution >= 4 is 95.9 Å². The third kappa shape index (κ3) is 5.98. The number of aromatic nitrogens is 3. The highest BCUT2D eigenvalue weighted by Crippen LogP contribution is 2.34. The van der Waals surface area contributed by atoms with Crippen LogP contribution in [-0.4, -0.2) is 14.5 Å². The molecule has 0 saturated heterocycles. The lowest BCUT2D eigenvalue weighted by molar-refractivity contribution is 0.844. The maximum absolute atomic E-state index is 13.9. The molecular weight excluding hydrogens is 665 g/mol. The minimum absolute atomic E-state index is 0.210. The first-order valence-electron chi connectivity index (χ1n) is 12.3. The summed E-state index contributed by atoms with van der Waals surface area (Å²) in [6.07, 6.45) is 0.339. The van der Waals surface area contributed by atoms with Crippen LogP contribution in [0.1, 0.15) is 11.4 Å². The van der Waals surface area contributed by atoms with E-state index in [1.165, 1.54) is 11.3 Å². The second-order valence-electron chi connectivity index (χ2n) is 9.03. The van der Waals surface area contributed by atoms with Gasteiger partial charge >= 0.3 is 0 Å². The minimum atomic E-state index is -0.210. The Bertz CT molecular complexity index is 1940. The van der Waals surface area contributed by atoms with E-state index in [1.54, 1.807) is 41.0 Å². The molecule has 204 valence electrons. The molecule has 2 heterocycles. The lowest BCUT2D eigenvalue weighted by atomic mass is 10.1. The van der Waals surface area contributed by atoms with Crippen molar-refractivity contribution in [3.63, 3.8) is 0 Å². The number of thiazole rings is 1. The monoisotopic (exact) mass is 681 g/mol. The zero-order valence-corrected chi connectivity index (χ0v) is 25.7. The quantitative estimate of drug-likeness (QED) is 0.175. The van der Waals surface area contributed by atoms with Gasteiger partial charge in [-0.2, -0.15) is 0 Å². The van der Waals surface area contributed by atoms with Gasteiger partial charge in [0.2, 0.25) is 0 Å². The highest BCUT2D eigenvalue weighted by atomic mass is 79.9. The van der Waals surface area contributed by atoms with Gasteiger partial charge in [-0.3, -0.25) is 4.79 Å². The van der Waals surface area contributed by atoms with Crippen LogP contribution < -0.4 is 16.2 Å². The molecule has 0 radical (unpaired) electrons. The minimum Gasteiger partial charge on any atom is -0.353 e. The van der Waals surface area contributed by atoms with Gasteiger partial charge in [0.1, 0.15) is 11.6 Å². The topological polar surface area (TPSA) is 71.8 Å². The van der Waals surface area contributed by atoms with Crippen LogP contribution >= 0.6 is 62.1 Å². The molecule has 0 atom stereocenters. The van der Waals surface area contributed by atoms with Crippen molar-refractivity contribution in [1.82, 2.24) is 14.5 Å². The van der Waals surface area contributed by atoms with Crippen LogP contribution in [0.25, 0.3) is 16.0 Å². The molecule has 6 nitrogen and oxygen atoms in total. The number of halogens is 4. The first kappa shape index (κ1) is 27.8. The molecule has 0 unspecified atom stereocenters. The molecule has 0 saturated carbocycles. The largest absolute Gasteiger partial charge is 0.353 e. The standard InChI is InChI=1S/C30H19BrCl3N5OS/c31-18-8-13-25-21(15-18)29(40)39(30-38-26(16-41-30)35-20-11-9-19(32)10-12-20)27(36-25)14-17-4-1-2-7-24(17)37-28-22(33)5-3-6-23(28)34/h1-13,15-16,35,37H,14H2. The number of rotatable bonds is 7. The van der Waals surface area contributed by atoms with Crippen molar-refractivity contribution in [3.05, 3.63) is 132 Å². The van der Waals surface area contributed by atoms with Gasteiger partial charge in [-0.1, -0.05) is 75.0 Å². The van der Waals surface area contributed by atoms with Crippen LogP contribution in [0.2, 0.25) is 15.1 Å². The average Bonchev–Trinajstić information content (AvgIpc) is 3.41. The van der Waals surface area contributed by atoms with Crippen molar-refractivity contribution in [2.75, 3.05) is 10.6 Å². The first-order valence-corrected chi connectivity index (χ1v) is 15.1. The predicted molar refractivity (Wildman–Crippen MR) is 174 cm³/mol. The number of hydrogen-bond acceptors (Lipinski definition) is 6. The summed E-state index contributed by atoms with van der Waals surface area (Å²) in [5.41, 5.74) is 3.52. The normalized spacial score (nSPS) is 11.1. The fraction of sp³-hybridized carbons (Fsp3) is 0.0333. The smallest absolute Gasteiger partial charge is 0.267 e. The van der Waals surface area contributed by atoms with Crippen LogP contribution in [0, 0.1) is 0 Å². The number of nitrogens with one attached hydrogen (secondary N) is 2. The van der Waals surface area contributed by atoms with E-state index in [0.29, 0.717) is 54.9 Å². The lowest BCUT2D eigenvalue weighted by Gasteiger charge is -2.16. The van der Waals surface area contributed by atoms with Gasteiger partial charge in [0.15, 0.2) is 5.13 Å². The van der Waals surface area contributed by atoms with Gasteiger partial charge in [0, 0.05) is 32.7 Å². The van der Waals surface area contributed by atoms with E-state index in [-0.39, 0.29) is 5.56 Å². The van der Waals surface area contributed by atoms with Gasteiger partial charge in [0.05, 0.1) is 26.6 Å². The maximum atomic E-state index is 13.9. The Hall–Kier alpha value is -3.40. The second kappa shape index (κ2) is 11.8. The fourth-order valence-corrected chi connectivity index (χ4v) is 6.10. The van der Waals surface area contributed by atoms with Gasteiger partial charge < -0.3 is 10.6 Å². The van der Waals surface area contributed by atoms with Gasteiger partial charge in [-0.15, -0.1) is 11.3 Å². The summed E-state index contributed by atoms with van der Waals surface area (Å²) in [7, 11) is 0. The Labute approximate surface area is 262 Å². The second-order valence-corrected chi connectivity index (χ2v) is 12.0. The molecule has 6 rings (SSSR count). The molecule has 0 spiro atoms. The van der Waals surface area contributed by atoms with E-state index in [2.05, 4.69) is 26.6 Å². The summed E-state index contributed by atoms with van der Waals surface area (Å²) in [5.74, 6) is 1.15. The molecule has 0 bridgehead atoms. The van der Waals surface area contributed by atoms with Crippen LogP contribution in [0.5, 0.6) is 0 Å². The average molecular weight is 684 g/mol. The Morgan fingerprint density at radius 3 is 2.39 bits per heavy atom. The predicted octanol–water partition coefficient (Wildman–Crippen LogP) is 9.64. The maximum Gasteiger partial charge on any atom is 0.267 e. The van der Waals surface area contributed by atoms with E-state index in [9.17, 15) is 4.79 Å². The van der Waals surface area contributed by atoms with Crippen molar-refractivity contribution in [3.8, 4) is 5.13 Å². The molecule has 0 aliphatic carbocycles. The molecule has 6 aromatic rings. The Kier molecular flexibility index (Phi) is 8.01. The lowest BCUT2D eigenvalue weighted by Crippen LogP contribution is -2.24. The number of fused-ring (bicyclic) bond motifs is 1. The van der Waals surface area contributed by atoms with Crippen LogP contribution in [-0.2, 0) is 6.42 Å². The molecule has 2 aromatic heterocycles. The van der Waals surface area contributed by atoms with Crippen molar-refractivity contribution in [1.29, 1.82) is 0 Å². The molecule has 0 amide bonds. The number of anilines is 4. The van der Waals surface area contributed by atoms with Crippen LogP contribution in [0.3, 0.4) is 0 Å². The Morgan fingerprint density at radius 2 is 1.61 bits per heavy atom. The van der Waals surface area contributed by atoms with Crippen LogP contribution in [0.15, 0.2) is 99.6 Å². The van der Waals surface area contributed by atoms with Crippen molar-refractivity contribution < 1.29 is 0 Å². The van der Waals surface area contributed by atoms with Crippen molar-refractivity contribution in [2.45, 2.75) is 6.42 Å². The summed E-state index contributed by atoms with van der Waals surface area (Å²) in [5, 5.41) is 11.1. The van der Waals surface area contributed by atoms with Crippen LogP contribution in [0.4, 0.5) is 22.9 Å². The Morgan fingerprint density at radius 1 is 0.854 bits per heavy atom. The highest BCUT2D eigenvalue weighted by molar-refractivity contribution is 9.10. The number of hydrogen-bond donors (Lipinski definition) is 2. The van der Waals surface area contributed by atoms with Crippen molar-refractivity contribution in [2.24, 2.45) is 0 Å². The molecule has 0 fully saturated rings. The van der Waals surface area contributed by atoms with Gasteiger partial charge in [0.25, 0.3) is 5.56 Å².